The van der Waals surface area contributed by atoms with Crippen LogP contribution < -0.4 is 15.5 Å². The smallest absolute Gasteiger partial charge is 0.137 e. The minimum absolute atomic E-state index is 0.0371. The van der Waals surface area contributed by atoms with Crippen molar-refractivity contribution in [3.63, 3.8) is 0 Å². The van der Waals surface area contributed by atoms with E-state index >= 15 is 0 Å². The van der Waals surface area contributed by atoms with Crippen molar-refractivity contribution in [2.75, 3.05) is 11.4 Å². The standard InChI is InChI=1S/C38H47N2OP/c1-6-8-27-38(28-9-7-2,41-42(31-21-12-10-13-22-31)32-23-14-11-15-24-32)36-39-35(37(3,4)5)29-40(36)34-26-18-20-30-19-16-17-25-33(30)34/h10-26,35H,6-9,27-29H2,1-5H3/t35-/m0/s1. The Balaban J connectivity index is 1.71. The summed E-state index contributed by atoms with van der Waals surface area (Å²) in [7, 11) is -1.06. The molecule has 0 radical (unpaired) electrons. The summed E-state index contributed by atoms with van der Waals surface area (Å²) < 4.78 is 7.72. The van der Waals surface area contributed by atoms with Crippen LogP contribution in [-0.2, 0) is 4.52 Å². The lowest BCUT2D eigenvalue weighted by Gasteiger charge is -2.41. The van der Waals surface area contributed by atoms with Gasteiger partial charge in [0.25, 0.3) is 0 Å². The lowest BCUT2D eigenvalue weighted by atomic mass is 9.87. The Hall–Kier alpha value is -3.00. The topological polar surface area (TPSA) is 24.8 Å². The molecule has 0 unspecified atom stereocenters. The van der Waals surface area contributed by atoms with E-state index < -0.39 is 13.7 Å². The van der Waals surface area contributed by atoms with Gasteiger partial charge in [-0.1, -0.05) is 157 Å². The van der Waals surface area contributed by atoms with Gasteiger partial charge in [-0.25, -0.2) is 0 Å². The predicted octanol–water partition coefficient (Wildman–Crippen LogP) is 9.66. The van der Waals surface area contributed by atoms with E-state index in [1.165, 1.54) is 27.1 Å². The average Bonchev–Trinajstić information content (AvgIpc) is 3.48. The van der Waals surface area contributed by atoms with Crippen LogP contribution in [0.15, 0.2) is 108 Å². The van der Waals surface area contributed by atoms with Crippen LogP contribution in [0.4, 0.5) is 5.69 Å². The summed E-state index contributed by atoms with van der Waals surface area (Å²) in [5.41, 5.74) is 0.777. The van der Waals surface area contributed by atoms with Crippen molar-refractivity contribution in [2.24, 2.45) is 10.4 Å². The highest BCUT2D eigenvalue weighted by Gasteiger charge is 2.47. The Morgan fingerprint density at radius 2 is 1.29 bits per heavy atom. The maximum absolute atomic E-state index is 7.72. The van der Waals surface area contributed by atoms with Gasteiger partial charge in [-0.15, -0.1) is 0 Å². The molecule has 0 saturated carbocycles. The van der Waals surface area contributed by atoms with Crippen molar-refractivity contribution in [1.82, 2.24) is 0 Å². The second-order valence-electron chi connectivity index (χ2n) is 12.7. The SMILES string of the molecule is CCCCC(CCCC)(OP(c1ccccc1)c1ccccc1)C1=N[C@H](C(C)(C)C)CN1c1cccc2ccccc12. The molecule has 0 aromatic heterocycles. The molecule has 0 bridgehead atoms. The Labute approximate surface area is 254 Å². The zero-order chi connectivity index (χ0) is 29.6. The second kappa shape index (κ2) is 13.5. The van der Waals surface area contributed by atoms with Crippen LogP contribution in [0.2, 0.25) is 0 Å². The largest absolute Gasteiger partial charge is 0.335 e. The lowest BCUT2D eigenvalue weighted by Crippen LogP contribution is -2.49. The normalized spacial score (nSPS) is 15.9. The molecule has 42 heavy (non-hydrogen) atoms. The first kappa shape index (κ1) is 30.5. The number of hydrogen-bond acceptors (Lipinski definition) is 3. The third-order valence-electron chi connectivity index (χ3n) is 8.47. The van der Waals surface area contributed by atoms with Crippen LogP contribution in [0.5, 0.6) is 0 Å². The fourth-order valence-corrected chi connectivity index (χ4v) is 7.97. The van der Waals surface area contributed by atoms with E-state index in [9.17, 15) is 0 Å². The van der Waals surface area contributed by atoms with E-state index in [-0.39, 0.29) is 11.5 Å². The van der Waals surface area contributed by atoms with Gasteiger partial charge in [0, 0.05) is 22.5 Å². The summed E-state index contributed by atoms with van der Waals surface area (Å²) >= 11 is 0. The summed E-state index contributed by atoms with van der Waals surface area (Å²) in [6, 6.07) is 37.3. The number of hydrogen-bond donors (Lipinski definition) is 0. The van der Waals surface area contributed by atoms with Gasteiger partial charge in [0.15, 0.2) is 0 Å². The Morgan fingerprint density at radius 1 is 0.738 bits per heavy atom. The summed E-state index contributed by atoms with van der Waals surface area (Å²) in [5.74, 6) is 1.13. The van der Waals surface area contributed by atoms with E-state index in [1.807, 2.05) is 0 Å². The second-order valence-corrected chi connectivity index (χ2v) is 14.5. The fourth-order valence-electron chi connectivity index (χ4n) is 5.97. The molecule has 4 aromatic rings. The van der Waals surface area contributed by atoms with E-state index in [2.05, 4.69) is 143 Å². The maximum Gasteiger partial charge on any atom is 0.137 e. The molecule has 0 spiro atoms. The lowest BCUT2D eigenvalue weighted by molar-refractivity contribution is 0.134. The van der Waals surface area contributed by atoms with Crippen molar-refractivity contribution < 1.29 is 4.52 Å². The van der Waals surface area contributed by atoms with E-state index in [0.29, 0.717) is 0 Å². The molecule has 3 nitrogen and oxygen atoms in total. The molecule has 0 saturated heterocycles. The van der Waals surface area contributed by atoms with Crippen LogP contribution in [0.1, 0.15) is 73.1 Å². The molecule has 1 heterocycles. The number of fused-ring (bicyclic) bond motifs is 1. The average molecular weight is 579 g/mol. The fraction of sp³-hybridized carbons (Fsp3) is 0.395. The molecule has 1 atom stereocenters. The number of rotatable bonds is 12. The monoisotopic (exact) mass is 578 g/mol. The first-order chi connectivity index (χ1) is 20.4. The van der Waals surface area contributed by atoms with Crippen molar-refractivity contribution >= 4 is 41.1 Å². The molecular formula is C38H47N2OP. The van der Waals surface area contributed by atoms with Gasteiger partial charge in [0.2, 0.25) is 0 Å². The van der Waals surface area contributed by atoms with Crippen LogP contribution in [-0.4, -0.2) is 24.0 Å². The summed E-state index contributed by atoms with van der Waals surface area (Å²) in [4.78, 5) is 8.21. The molecule has 220 valence electrons. The molecule has 1 aliphatic heterocycles. The highest BCUT2D eigenvalue weighted by atomic mass is 31.1. The zero-order valence-corrected chi connectivity index (χ0v) is 27.0. The van der Waals surface area contributed by atoms with Gasteiger partial charge in [-0.3, -0.25) is 4.99 Å². The van der Waals surface area contributed by atoms with Crippen LogP contribution in [0, 0.1) is 5.41 Å². The molecule has 1 aliphatic rings. The minimum Gasteiger partial charge on any atom is -0.335 e. The third-order valence-corrected chi connectivity index (χ3v) is 10.5. The Morgan fingerprint density at radius 3 is 1.86 bits per heavy atom. The van der Waals surface area contributed by atoms with Crippen LogP contribution in [0.3, 0.4) is 0 Å². The van der Waals surface area contributed by atoms with E-state index in [1.54, 1.807) is 0 Å². The minimum atomic E-state index is -1.06. The van der Waals surface area contributed by atoms with Gasteiger partial charge < -0.3 is 9.42 Å². The molecular weight excluding hydrogens is 531 g/mol. The van der Waals surface area contributed by atoms with E-state index in [4.69, 9.17) is 9.52 Å². The quantitative estimate of drug-likeness (QED) is 0.156. The summed E-state index contributed by atoms with van der Waals surface area (Å²) in [6.07, 6.45) is 6.35. The first-order valence-electron chi connectivity index (χ1n) is 15.8. The van der Waals surface area contributed by atoms with Gasteiger partial charge in [0.1, 0.15) is 11.4 Å². The van der Waals surface area contributed by atoms with Gasteiger partial charge in [-0.2, -0.15) is 0 Å². The van der Waals surface area contributed by atoms with Gasteiger partial charge >= 0.3 is 0 Å². The number of benzene rings is 4. The Kier molecular flexibility index (Phi) is 9.81. The van der Waals surface area contributed by atoms with Crippen molar-refractivity contribution in [1.29, 1.82) is 0 Å². The highest BCUT2D eigenvalue weighted by molar-refractivity contribution is 7.68. The van der Waals surface area contributed by atoms with E-state index in [0.717, 1.165) is 50.9 Å². The van der Waals surface area contributed by atoms with Crippen LogP contribution in [0.25, 0.3) is 10.8 Å². The highest BCUT2D eigenvalue weighted by Crippen LogP contribution is 2.48. The molecule has 5 rings (SSSR count). The number of nitrogens with zero attached hydrogens (tertiary/aromatic N) is 2. The molecule has 0 fully saturated rings. The summed E-state index contributed by atoms with van der Waals surface area (Å²) in [6.45, 7) is 12.4. The molecule has 0 N–H and O–H groups in total. The molecule has 0 amide bonds. The number of amidine groups is 1. The van der Waals surface area contributed by atoms with Crippen molar-refractivity contribution in [3.05, 3.63) is 103 Å². The first-order valence-corrected chi connectivity index (χ1v) is 17.0. The number of anilines is 1. The third kappa shape index (κ3) is 6.64. The van der Waals surface area contributed by atoms with Crippen molar-refractivity contribution in [3.8, 4) is 0 Å². The van der Waals surface area contributed by atoms with Crippen LogP contribution >= 0.6 is 8.15 Å². The molecule has 4 heteroatoms. The zero-order valence-electron chi connectivity index (χ0n) is 26.1. The molecule has 0 aliphatic carbocycles. The summed E-state index contributed by atoms with van der Waals surface area (Å²) in [5, 5.41) is 5.03. The number of aliphatic imine (C=N–C) groups is 1. The van der Waals surface area contributed by atoms with Crippen molar-refractivity contribution in [2.45, 2.75) is 84.8 Å². The maximum atomic E-state index is 7.72. The van der Waals surface area contributed by atoms with Gasteiger partial charge in [0.05, 0.1) is 19.9 Å². The molecule has 4 aromatic carbocycles. The predicted molar refractivity (Wildman–Crippen MR) is 184 cm³/mol. The van der Waals surface area contributed by atoms with Gasteiger partial charge in [-0.05, 0) is 29.7 Å². The number of unbranched alkanes of at least 4 members (excludes halogenated alkanes) is 2. The Bertz CT molecular complexity index is 1410.